The van der Waals surface area contributed by atoms with E-state index in [0.717, 1.165) is 11.3 Å². The number of carbonyl (C=O) groups excluding carboxylic acids is 1. The zero-order valence-corrected chi connectivity index (χ0v) is 12.3. The van der Waals surface area contributed by atoms with Gasteiger partial charge in [-0.25, -0.2) is 9.78 Å². The van der Waals surface area contributed by atoms with Gasteiger partial charge in [0, 0.05) is 25.5 Å². The molecule has 3 rings (SSSR count). The van der Waals surface area contributed by atoms with Crippen LogP contribution in [0.25, 0.3) is 5.65 Å². The second-order valence-electron chi connectivity index (χ2n) is 5.60. The fourth-order valence-corrected chi connectivity index (χ4v) is 2.72. The van der Waals surface area contributed by atoms with Crippen molar-refractivity contribution in [2.45, 2.75) is 19.8 Å². The number of aromatic nitrogens is 2. The number of pyridine rings is 1. The Morgan fingerprint density at radius 2 is 2.00 bits per heavy atom. The number of carboxylic acids is 1. The maximum Gasteiger partial charge on any atom is 0.321 e. The lowest BCUT2D eigenvalue weighted by atomic mass is 9.97. The van der Waals surface area contributed by atoms with Crippen molar-refractivity contribution in [2.24, 2.45) is 5.92 Å². The Hall–Kier alpha value is -2.57. The average molecular weight is 302 g/mol. The van der Waals surface area contributed by atoms with E-state index >= 15 is 0 Å². The fourth-order valence-electron chi connectivity index (χ4n) is 2.72. The summed E-state index contributed by atoms with van der Waals surface area (Å²) in [5, 5.41) is 11.8. The number of nitrogens with zero attached hydrogens (tertiary/aromatic N) is 3. The van der Waals surface area contributed by atoms with Crippen LogP contribution in [0.3, 0.4) is 0 Å². The number of anilines is 1. The SMILES string of the molecule is Cc1cn2cc(NC(=O)N3CCC(C(=O)O)CC3)ccc2n1. The van der Waals surface area contributed by atoms with Crippen molar-refractivity contribution in [2.75, 3.05) is 18.4 Å². The molecular formula is C15H18N4O3. The Kier molecular flexibility index (Phi) is 3.70. The minimum Gasteiger partial charge on any atom is -0.481 e. The molecule has 0 aliphatic carbocycles. The molecule has 0 radical (unpaired) electrons. The van der Waals surface area contributed by atoms with Gasteiger partial charge >= 0.3 is 12.0 Å². The topological polar surface area (TPSA) is 86.9 Å². The van der Waals surface area contributed by atoms with Crippen molar-refractivity contribution in [3.8, 4) is 0 Å². The highest BCUT2D eigenvalue weighted by Gasteiger charge is 2.26. The van der Waals surface area contributed by atoms with Gasteiger partial charge in [-0.1, -0.05) is 0 Å². The number of fused-ring (bicyclic) bond motifs is 1. The lowest BCUT2D eigenvalue weighted by Gasteiger charge is -2.30. The Morgan fingerprint density at radius 1 is 1.27 bits per heavy atom. The van der Waals surface area contributed by atoms with Gasteiger partial charge in [-0.3, -0.25) is 4.79 Å². The van der Waals surface area contributed by atoms with Crippen LogP contribution in [0.5, 0.6) is 0 Å². The van der Waals surface area contributed by atoms with E-state index in [1.165, 1.54) is 0 Å². The first-order valence-corrected chi connectivity index (χ1v) is 7.27. The molecule has 0 spiro atoms. The summed E-state index contributed by atoms with van der Waals surface area (Å²) < 4.78 is 1.86. The molecule has 1 saturated heterocycles. The molecule has 0 aromatic carbocycles. The van der Waals surface area contributed by atoms with E-state index in [1.54, 1.807) is 4.90 Å². The van der Waals surface area contributed by atoms with Crippen molar-refractivity contribution >= 4 is 23.3 Å². The number of urea groups is 1. The van der Waals surface area contributed by atoms with E-state index in [-0.39, 0.29) is 11.9 Å². The third-order valence-electron chi connectivity index (χ3n) is 3.95. The van der Waals surface area contributed by atoms with Crippen LogP contribution in [0.2, 0.25) is 0 Å². The van der Waals surface area contributed by atoms with Crippen LogP contribution in [0.15, 0.2) is 24.5 Å². The number of aliphatic carboxylic acids is 1. The van der Waals surface area contributed by atoms with Crippen LogP contribution in [-0.2, 0) is 4.79 Å². The van der Waals surface area contributed by atoms with Crippen LogP contribution in [0.4, 0.5) is 10.5 Å². The van der Waals surface area contributed by atoms with Gasteiger partial charge in [0.15, 0.2) is 0 Å². The van der Waals surface area contributed by atoms with Gasteiger partial charge < -0.3 is 19.7 Å². The highest BCUT2D eigenvalue weighted by atomic mass is 16.4. The Labute approximate surface area is 127 Å². The highest BCUT2D eigenvalue weighted by molar-refractivity contribution is 5.89. The lowest BCUT2D eigenvalue weighted by molar-refractivity contribution is -0.143. The van der Waals surface area contributed by atoms with E-state index in [2.05, 4.69) is 10.3 Å². The summed E-state index contributed by atoms with van der Waals surface area (Å²) in [5.74, 6) is -1.12. The van der Waals surface area contributed by atoms with E-state index < -0.39 is 5.97 Å². The Bertz CT molecular complexity index is 717. The third kappa shape index (κ3) is 2.88. The van der Waals surface area contributed by atoms with Gasteiger partial charge in [0.25, 0.3) is 0 Å². The first-order chi connectivity index (χ1) is 10.5. The summed E-state index contributed by atoms with van der Waals surface area (Å²) in [6, 6.07) is 3.46. The first-order valence-electron chi connectivity index (χ1n) is 7.27. The number of carbonyl (C=O) groups is 2. The molecule has 1 aliphatic heterocycles. The zero-order valence-electron chi connectivity index (χ0n) is 12.3. The number of hydrogen-bond acceptors (Lipinski definition) is 3. The molecule has 22 heavy (non-hydrogen) atoms. The molecular weight excluding hydrogens is 284 g/mol. The molecule has 2 aromatic heterocycles. The number of hydrogen-bond donors (Lipinski definition) is 2. The summed E-state index contributed by atoms with van der Waals surface area (Å²) >= 11 is 0. The maximum atomic E-state index is 12.2. The summed E-state index contributed by atoms with van der Waals surface area (Å²) in [5.41, 5.74) is 2.44. The van der Waals surface area contributed by atoms with Crippen LogP contribution in [-0.4, -0.2) is 44.5 Å². The Balaban J connectivity index is 1.64. The van der Waals surface area contributed by atoms with Crippen LogP contribution in [0.1, 0.15) is 18.5 Å². The number of likely N-dealkylation sites (tertiary alicyclic amines) is 1. The number of rotatable bonds is 2. The smallest absolute Gasteiger partial charge is 0.321 e. The Morgan fingerprint density at radius 3 is 2.68 bits per heavy atom. The van der Waals surface area contributed by atoms with E-state index in [0.29, 0.717) is 31.6 Å². The summed E-state index contributed by atoms with van der Waals surface area (Å²) in [6.45, 7) is 2.85. The van der Waals surface area contributed by atoms with E-state index in [1.807, 2.05) is 35.9 Å². The molecule has 3 heterocycles. The van der Waals surface area contributed by atoms with Gasteiger partial charge in [0.1, 0.15) is 5.65 Å². The molecule has 1 fully saturated rings. The lowest BCUT2D eigenvalue weighted by Crippen LogP contribution is -2.42. The zero-order chi connectivity index (χ0) is 15.7. The summed E-state index contributed by atoms with van der Waals surface area (Å²) in [6.07, 6.45) is 4.71. The van der Waals surface area contributed by atoms with Gasteiger partial charge in [-0.05, 0) is 31.9 Å². The molecule has 0 atom stereocenters. The van der Waals surface area contributed by atoms with Gasteiger partial charge in [0.2, 0.25) is 0 Å². The van der Waals surface area contributed by atoms with Crippen molar-refractivity contribution in [1.82, 2.24) is 14.3 Å². The minimum absolute atomic E-state index is 0.194. The molecule has 7 nitrogen and oxygen atoms in total. The predicted octanol–water partition coefficient (Wildman–Crippen LogP) is 1.97. The van der Waals surface area contributed by atoms with E-state index in [4.69, 9.17) is 5.11 Å². The van der Waals surface area contributed by atoms with Crippen LogP contribution in [0, 0.1) is 12.8 Å². The molecule has 1 aliphatic rings. The second-order valence-corrected chi connectivity index (χ2v) is 5.60. The third-order valence-corrected chi connectivity index (χ3v) is 3.95. The molecule has 2 amide bonds. The molecule has 0 bridgehead atoms. The number of imidazole rings is 1. The molecule has 2 aromatic rings. The maximum absolute atomic E-state index is 12.2. The van der Waals surface area contributed by atoms with Crippen LogP contribution < -0.4 is 5.32 Å². The second kappa shape index (κ2) is 5.67. The number of amides is 2. The number of carboxylic acid groups (broad SMARTS) is 1. The molecule has 0 unspecified atom stereocenters. The fraction of sp³-hybridized carbons (Fsp3) is 0.400. The summed E-state index contributed by atoms with van der Waals surface area (Å²) in [4.78, 5) is 29.1. The molecule has 7 heteroatoms. The van der Waals surface area contributed by atoms with E-state index in [9.17, 15) is 9.59 Å². The molecule has 2 N–H and O–H groups in total. The predicted molar refractivity (Wildman–Crippen MR) is 80.9 cm³/mol. The minimum atomic E-state index is -0.777. The molecule has 0 saturated carbocycles. The van der Waals surface area contributed by atoms with Crippen molar-refractivity contribution in [3.05, 3.63) is 30.2 Å². The largest absolute Gasteiger partial charge is 0.481 e. The van der Waals surface area contributed by atoms with Crippen LogP contribution >= 0.6 is 0 Å². The van der Waals surface area contributed by atoms with Gasteiger partial charge in [-0.15, -0.1) is 0 Å². The standard InChI is InChI=1S/C15H18N4O3/c1-10-8-19-9-12(2-3-13(19)16-10)17-15(22)18-6-4-11(5-7-18)14(20)21/h2-3,8-9,11H,4-7H2,1H3,(H,17,22)(H,20,21). The van der Waals surface area contributed by atoms with Gasteiger partial charge in [-0.2, -0.15) is 0 Å². The number of nitrogens with one attached hydrogen (secondary N) is 1. The van der Waals surface area contributed by atoms with Gasteiger partial charge in [0.05, 0.1) is 17.3 Å². The molecule has 116 valence electrons. The highest BCUT2D eigenvalue weighted by Crippen LogP contribution is 2.18. The normalized spacial score (nSPS) is 16.0. The number of piperidine rings is 1. The first kappa shape index (κ1) is 14.4. The quantitative estimate of drug-likeness (QED) is 0.888. The summed E-state index contributed by atoms with van der Waals surface area (Å²) in [7, 11) is 0. The van der Waals surface area contributed by atoms with Crippen molar-refractivity contribution < 1.29 is 14.7 Å². The number of aryl methyl sites for hydroxylation is 1. The monoisotopic (exact) mass is 302 g/mol. The average Bonchev–Trinajstić information content (AvgIpc) is 2.86. The van der Waals surface area contributed by atoms with Crippen molar-refractivity contribution in [1.29, 1.82) is 0 Å². The van der Waals surface area contributed by atoms with Crippen molar-refractivity contribution in [3.63, 3.8) is 0 Å².